The Morgan fingerprint density at radius 2 is 1.89 bits per heavy atom. The van der Waals surface area contributed by atoms with Gasteiger partial charge in [-0.2, -0.15) is 5.26 Å². The van der Waals surface area contributed by atoms with E-state index >= 15 is 0 Å². The van der Waals surface area contributed by atoms with Crippen LogP contribution in [-0.4, -0.2) is 36.9 Å². The molecule has 27 heavy (non-hydrogen) atoms. The molecule has 0 radical (unpaired) electrons. The smallest absolute Gasteiger partial charge is 0.253 e. The van der Waals surface area contributed by atoms with Gasteiger partial charge in [0.15, 0.2) is 0 Å². The number of ether oxygens (including phenoxy) is 1. The number of nitrogens with one attached hydrogen (secondary N) is 1. The molecule has 1 saturated heterocycles. The first-order valence-corrected chi connectivity index (χ1v) is 8.85. The first-order valence-electron chi connectivity index (χ1n) is 8.85. The van der Waals surface area contributed by atoms with E-state index in [1.54, 1.807) is 60.5 Å². The van der Waals surface area contributed by atoms with Crippen molar-refractivity contribution >= 4 is 17.5 Å². The molecule has 138 valence electrons. The van der Waals surface area contributed by atoms with Gasteiger partial charge in [-0.05, 0) is 49.2 Å². The maximum atomic E-state index is 12.6. The summed E-state index contributed by atoms with van der Waals surface area (Å²) in [5.74, 6) is 0.382. The van der Waals surface area contributed by atoms with E-state index in [-0.39, 0.29) is 17.7 Å². The highest BCUT2D eigenvalue weighted by Crippen LogP contribution is 2.22. The molecule has 0 spiro atoms. The molecule has 1 fully saturated rings. The second-order valence-electron chi connectivity index (χ2n) is 6.48. The third kappa shape index (κ3) is 4.45. The molecule has 1 N–H and O–H groups in total. The van der Waals surface area contributed by atoms with Crippen LogP contribution in [0.5, 0.6) is 5.75 Å². The topological polar surface area (TPSA) is 82.4 Å². The maximum absolute atomic E-state index is 12.6. The first kappa shape index (κ1) is 18.5. The summed E-state index contributed by atoms with van der Waals surface area (Å²) in [6.07, 6.45) is 1.22. The second-order valence-corrected chi connectivity index (χ2v) is 6.48. The Morgan fingerprint density at radius 3 is 2.59 bits per heavy atom. The molecule has 0 aromatic heterocycles. The zero-order chi connectivity index (χ0) is 19.2. The van der Waals surface area contributed by atoms with Gasteiger partial charge in [0.05, 0.1) is 18.7 Å². The molecule has 6 heteroatoms. The number of benzene rings is 2. The van der Waals surface area contributed by atoms with E-state index in [1.807, 2.05) is 0 Å². The van der Waals surface area contributed by atoms with Crippen molar-refractivity contribution in [2.45, 2.75) is 12.8 Å². The number of hydrogen-bond acceptors (Lipinski definition) is 4. The number of piperidine rings is 1. The molecule has 2 amide bonds. The number of carbonyl (C=O) groups is 2. The van der Waals surface area contributed by atoms with Crippen LogP contribution in [0.4, 0.5) is 5.69 Å². The fourth-order valence-corrected chi connectivity index (χ4v) is 3.19. The molecule has 1 aliphatic rings. The fraction of sp³-hybridized carbons (Fsp3) is 0.286. The molecular weight excluding hydrogens is 342 g/mol. The Kier molecular flexibility index (Phi) is 5.72. The predicted octanol–water partition coefficient (Wildman–Crippen LogP) is 3.06. The van der Waals surface area contributed by atoms with Crippen LogP contribution in [0, 0.1) is 17.2 Å². The average Bonchev–Trinajstić information content (AvgIpc) is 2.73. The largest absolute Gasteiger partial charge is 0.497 e. The zero-order valence-electron chi connectivity index (χ0n) is 15.1. The zero-order valence-corrected chi connectivity index (χ0v) is 15.1. The lowest BCUT2D eigenvalue weighted by Gasteiger charge is -2.31. The molecule has 3 rings (SSSR count). The van der Waals surface area contributed by atoms with Gasteiger partial charge in [-0.1, -0.05) is 12.1 Å². The third-order valence-corrected chi connectivity index (χ3v) is 4.73. The van der Waals surface area contributed by atoms with E-state index in [9.17, 15) is 9.59 Å². The van der Waals surface area contributed by atoms with Gasteiger partial charge in [0.1, 0.15) is 5.75 Å². The summed E-state index contributed by atoms with van der Waals surface area (Å²) in [6, 6.07) is 16.0. The summed E-state index contributed by atoms with van der Waals surface area (Å²) in [5, 5.41) is 11.8. The van der Waals surface area contributed by atoms with Crippen LogP contribution in [-0.2, 0) is 4.79 Å². The summed E-state index contributed by atoms with van der Waals surface area (Å²) < 4.78 is 5.17. The van der Waals surface area contributed by atoms with Crippen LogP contribution in [0.15, 0.2) is 48.5 Å². The third-order valence-electron chi connectivity index (χ3n) is 4.73. The van der Waals surface area contributed by atoms with Gasteiger partial charge in [-0.25, -0.2) is 0 Å². The van der Waals surface area contributed by atoms with Crippen LogP contribution in [0.2, 0.25) is 0 Å². The van der Waals surface area contributed by atoms with Gasteiger partial charge in [-0.15, -0.1) is 0 Å². The Morgan fingerprint density at radius 1 is 1.15 bits per heavy atom. The van der Waals surface area contributed by atoms with E-state index in [4.69, 9.17) is 10.00 Å². The number of methoxy groups -OCH3 is 1. The Labute approximate surface area is 158 Å². The molecule has 6 nitrogen and oxygen atoms in total. The van der Waals surface area contributed by atoms with Crippen LogP contribution >= 0.6 is 0 Å². The summed E-state index contributed by atoms with van der Waals surface area (Å²) in [7, 11) is 1.57. The van der Waals surface area contributed by atoms with Gasteiger partial charge in [0.2, 0.25) is 5.91 Å². The molecule has 1 heterocycles. The van der Waals surface area contributed by atoms with Crippen molar-refractivity contribution in [3.63, 3.8) is 0 Å². The first-order chi connectivity index (χ1) is 13.1. The van der Waals surface area contributed by atoms with Crippen LogP contribution in [0.25, 0.3) is 0 Å². The van der Waals surface area contributed by atoms with Crippen LogP contribution in [0.3, 0.4) is 0 Å². The van der Waals surface area contributed by atoms with E-state index < -0.39 is 0 Å². The molecular formula is C21H21N3O3. The van der Waals surface area contributed by atoms with Crippen molar-refractivity contribution in [2.75, 3.05) is 25.5 Å². The van der Waals surface area contributed by atoms with Gasteiger partial charge in [-0.3, -0.25) is 9.59 Å². The lowest BCUT2D eigenvalue weighted by atomic mass is 9.95. The number of anilines is 1. The number of nitriles is 1. The molecule has 2 aromatic carbocycles. The van der Waals surface area contributed by atoms with Crippen molar-refractivity contribution in [3.05, 3.63) is 59.7 Å². The van der Waals surface area contributed by atoms with Gasteiger partial charge in [0.25, 0.3) is 5.91 Å². The lowest BCUT2D eigenvalue weighted by Crippen LogP contribution is -2.41. The standard InChI is InChI=1S/C21H21N3O3/c1-27-19-7-3-5-17(13-19)21(26)24-10-8-16(9-11-24)20(25)23-18-6-2-4-15(12-18)14-22/h2-7,12-13,16H,8-11H2,1H3,(H,23,25). The highest BCUT2D eigenvalue weighted by atomic mass is 16.5. The molecule has 0 atom stereocenters. The number of nitrogens with zero attached hydrogens (tertiary/aromatic N) is 2. The minimum Gasteiger partial charge on any atom is -0.497 e. The number of likely N-dealkylation sites (tertiary alicyclic amines) is 1. The molecule has 1 aliphatic heterocycles. The number of hydrogen-bond donors (Lipinski definition) is 1. The minimum atomic E-state index is -0.148. The summed E-state index contributed by atoms with van der Waals surface area (Å²) >= 11 is 0. The Bertz CT molecular complexity index is 880. The summed E-state index contributed by atoms with van der Waals surface area (Å²) in [5.41, 5.74) is 1.71. The quantitative estimate of drug-likeness (QED) is 0.905. The highest BCUT2D eigenvalue weighted by molar-refractivity contribution is 5.95. The maximum Gasteiger partial charge on any atom is 0.253 e. The SMILES string of the molecule is COc1cccc(C(=O)N2CCC(C(=O)Nc3cccc(C#N)c3)CC2)c1. The van der Waals surface area contributed by atoms with Crippen molar-refractivity contribution < 1.29 is 14.3 Å². The summed E-state index contributed by atoms with van der Waals surface area (Å²) in [4.78, 5) is 26.9. The lowest BCUT2D eigenvalue weighted by molar-refractivity contribution is -0.121. The van der Waals surface area contributed by atoms with Gasteiger partial charge < -0.3 is 15.0 Å². The molecule has 0 bridgehead atoms. The van der Waals surface area contributed by atoms with E-state index in [1.165, 1.54) is 0 Å². The van der Waals surface area contributed by atoms with Crippen LogP contribution in [0.1, 0.15) is 28.8 Å². The molecule has 0 unspecified atom stereocenters. The number of amides is 2. The van der Waals surface area contributed by atoms with Crippen LogP contribution < -0.4 is 10.1 Å². The molecule has 2 aromatic rings. The Balaban J connectivity index is 1.57. The number of rotatable bonds is 4. The van der Waals surface area contributed by atoms with Crippen molar-refractivity contribution in [1.82, 2.24) is 4.90 Å². The van der Waals surface area contributed by atoms with Gasteiger partial charge >= 0.3 is 0 Å². The molecule has 0 saturated carbocycles. The van der Waals surface area contributed by atoms with E-state index in [0.29, 0.717) is 48.5 Å². The number of carbonyl (C=O) groups excluding carboxylic acids is 2. The minimum absolute atomic E-state index is 0.0468. The molecule has 0 aliphatic carbocycles. The van der Waals surface area contributed by atoms with Crippen molar-refractivity contribution in [2.24, 2.45) is 5.92 Å². The normalized spacial score (nSPS) is 14.3. The fourth-order valence-electron chi connectivity index (χ4n) is 3.19. The van der Waals surface area contributed by atoms with Gasteiger partial charge in [0, 0.05) is 30.3 Å². The van der Waals surface area contributed by atoms with E-state index in [0.717, 1.165) is 0 Å². The van der Waals surface area contributed by atoms with E-state index in [2.05, 4.69) is 11.4 Å². The monoisotopic (exact) mass is 363 g/mol. The van der Waals surface area contributed by atoms with Crippen molar-refractivity contribution in [1.29, 1.82) is 5.26 Å². The summed E-state index contributed by atoms with van der Waals surface area (Å²) in [6.45, 7) is 1.07. The predicted molar refractivity (Wildman–Crippen MR) is 101 cm³/mol. The highest BCUT2D eigenvalue weighted by Gasteiger charge is 2.28. The van der Waals surface area contributed by atoms with Crippen molar-refractivity contribution in [3.8, 4) is 11.8 Å². The average molecular weight is 363 g/mol. The Hall–Kier alpha value is -3.33. The second kappa shape index (κ2) is 8.37.